The summed E-state index contributed by atoms with van der Waals surface area (Å²) in [6, 6.07) is 5.27. The quantitative estimate of drug-likeness (QED) is 0.802. The summed E-state index contributed by atoms with van der Waals surface area (Å²) >= 11 is 0. The summed E-state index contributed by atoms with van der Waals surface area (Å²) in [5, 5.41) is 9.75. The molecule has 0 saturated carbocycles. The number of aliphatic hydroxyl groups is 1. The molecule has 0 aliphatic carbocycles. The van der Waals surface area contributed by atoms with Gasteiger partial charge in [-0.15, -0.1) is 0 Å². The molecule has 0 radical (unpaired) electrons. The Labute approximate surface area is 89.9 Å². The maximum Gasteiger partial charge on any atom is 0.213 e. The zero-order chi connectivity index (χ0) is 11.3. The Morgan fingerprint density at radius 2 is 2.13 bits per heavy atom. The van der Waals surface area contributed by atoms with Crippen LogP contribution < -0.4 is 4.74 Å². The lowest BCUT2D eigenvalue weighted by atomic mass is 10.2. The van der Waals surface area contributed by atoms with E-state index in [9.17, 15) is 5.11 Å². The van der Waals surface area contributed by atoms with Crippen LogP contribution in [0, 0.1) is 0 Å². The van der Waals surface area contributed by atoms with E-state index in [4.69, 9.17) is 9.47 Å². The number of nitrogens with zero attached hydrogens (tertiary/aromatic N) is 1. The molecule has 1 aromatic rings. The Morgan fingerprint density at radius 3 is 2.73 bits per heavy atom. The molecule has 1 heterocycles. The standard InChI is InChI=1S/C11H17NO3/c1-8(2)15-7-10(13)9-5-4-6-11(12-9)14-3/h4-6,8,10,13H,7H2,1-3H3. The Bertz CT molecular complexity index is 302. The van der Waals surface area contributed by atoms with Crippen molar-refractivity contribution in [1.82, 2.24) is 4.98 Å². The largest absolute Gasteiger partial charge is 0.481 e. The Balaban J connectivity index is 2.60. The van der Waals surface area contributed by atoms with Gasteiger partial charge in [-0.25, -0.2) is 4.98 Å². The molecular formula is C11H17NO3. The van der Waals surface area contributed by atoms with Gasteiger partial charge in [0.15, 0.2) is 0 Å². The molecule has 0 spiro atoms. The Hall–Kier alpha value is -1.13. The van der Waals surface area contributed by atoms with Crippen molar-refractivity contribution in [3.05, 3.63) is 23.9 Å². The van der Waals surface area contributed by atoms with E-state index in [0.717, 1.165) is 0 Å². The molecule has 0 bridgehead atoms. The van der Waals surface area contributed by atoms with Crippen molar-refractivity contribution in [1.29, 1.82) is 0 Å². The number of hydrogen-bond acceptors (Lipinski definition) is 4. The minimum absolute atomic E-state index is 0.102. The number of hydrogen-bond donors (Lipinski definition) is 1. The van der Waals surface area contributed by atoms with Gasteiger partial charge in [0.1, 0.15) is 6.10 Å². The molecule has 84 valence electrons. The van der Waals surface area contributed by atoms with Crippen molar-refractivity contribution < 1.29 is 14.6 Å². The third-order valence-electron chi connectivity index (χ3n) is 1.88. The van der Waals surface area contributed by atoms with Crippen molar-refractivity contribution in [3.8, 4) is 5.88 Å². The summed E-state index contributed by atoms with van der Waals surface area (Å²) in [6.07, 6.45) is -0.604. The topological polar surface area (TPSA) is 51.6 Å². The van der Waals surface area contributed by atoms with Gasteiger partial charge in [0.2, 0.25) is 5.88 Å². The molecule has 1 atom stereocenters. The lowest BCUT2D eigenvalue weighted by Gasteiger charge is -2.13. The van der Waals surface area contributed by atoms with E-state index >= 15 is 0 Å². The summed E-state index contributed by atoms with van der Waals surface area (Å²) < 4.78 is 10.3. The van der Waals surface area contributed by atoms with Crippen LogP contribution in [0.1, 0.15) is 25.6 Å². The number of methoxy groups -OCH3 is 1. The van der Waals surface area contributed by atoms with Crippen molar-refractivity contribution in [2.24, 2.45) is 0 Å². The minimum atomic E-state index is -0.706. The molecule has 0 aliphatic rings. The summed E-state index contributed by atoms with van der Waals surface area (Å²) in [5.74, 6) is 0.496. The fourth-order valence-corrected chi connectivity index (χ4v) is 1.10. The molecule has 1 N–H and O–H groups in total. The van der Waals surface area contributed by atoms with Crippen molar-refractivity contribution in [2.45, 2.75) is 26.1 Å². The van der Waals surface area contributed by atoms with Gasteiger partial charge in [0.05, 0.1) is 25.5 Å². The van der Waals surface area contributed by atoms with Gasteiger partial charge >= 0.3 is 0 Å². The lowest BCUT2D eigenvalue weighted by Crippen LogP contribution is -2.13. The fraction of sp³-hybridized carbons (Fsp3) is 0.545. The van der Waals surface area contributed by atoms with Crippen LogP contribution in [-0.2, 0) is 4.74 Å². The van der Waals surface area contributed by atoms with Crippen LogP contribution >= 0.6 is 0 Å². The van der Waals surface area contributed by atoms with E-state index in [1.165, 1.54) is 0 Å². The van der Waals surface area contributed by atoms with Gasteiger partial charge in [-0.1, -0.05) is 6.07 Å². The van der Waals surface area contributed by atoms with E-state index in [1.54, 1.807) is 25.3 Å². The van der Waals surface area contributed by atoms with E-state index in [-0.39, 0.29) is 12.7 Å². The van der Waals surface area contributed by atoms with Crippen LogP contribution in [0.25, 0.3) is 0 Å². The predicted molar refractivity (Wildman–Crippen MR) is 56.8 cm³/mol. The van der Waals surface area contributed by atoms with Gasteiger partial charge in [0.25, 0.3) is 0 Å². The molecule has 0 aliphatic heterocycles. The van der Waals surface area contributed by atoms with Crippen molar-refractivity contribution >= 4 is 0 Å². The first kappa shape index (κ1) is 11.9. The van der Waals surface area contributed by atoms with Crippen molar-refractivity contribution in [3.63, 3.8) is 0 Å². The molecular weight excluding hydrogens is 194 g/mol. The second-order valence-electron chi connectivity index (χ2n) is 3.50. The monoisotopic (exact) mass is 211 g/mol. The average molecular weight is 211 g/mol. The number of rotatable bonds is 5. The van der Waals surface area contributed by atoms with Gasteiger partial charge in [-0.3, -0.25) is 0 Å². The molecule has 0 fully saturated rings. The molecule has 15 heavy (non-hydrogen) atoms. The summed E-state index contributed by atoms with van der Waals surface area (Å²) in [4.78, 5) is 4.12. The van der Waals surface area contributed by atoms with Gasteiger partial charge < -0.3 is 14.6 Å². The normalized spacial score (nSPS) is 12.9. The van der Waals surface area contributed by atoms with Gasteiger partial charge in [0, 0.05) is 6.07 Å². The smallest absolute Gasteiger partial charge is 0.213 e. The van der Waals surface area contributed by atoms with Crippen LogP contribution in [0.3, 0.4) is 0 Å². The first-order valence-corrected chi connectivity index (χ1v) is 4.94. The zero-order valence-electron chi connectivity index (χ0n) is 9.30. The van der Waals surface area contributed by atoms with Gasteiger partial charge in [-0.2, -0.15) is 0 Å². The first-order chi connectivity index (χ1) is 7.13. The molecule has 1 unspecified atom stereocenters. The number of ether oxygens (including phenoxy) is 2. The van der Waals surface area contributed by atoms with E-state index in [1.807, 2.05) is 13.8 Å². The third-order valence-corrected chi connectivity index (χ3v) is 1.88. The molecule has 4 heteroatoms. The number of aliphatic hydroxyl groups excluding tert-OH is 1. The van der Waals surface area contributed by atoms with Crippen molar-refractivity contribution in [2.75, 3.05) is 13.7 Å². The van der Waals surface area contributed by atoms with E-state index < -0.39 is 6.10 Å². The maximum atomic E-state index is 9.75. The Morgan fingerprint density at radius 1 is 1.40 bits per heavy atom. The highest BCUT2D eigenvalue weighted by Crippen LogP contribution is 2.14. The van der Waals surface area contributed by atoms with Crippen LogP contribution in [0.5, 0.6) is 5.88 Å². The fourth-order valence-electron chi connectivity index (χ4n) is 1.10. The lowest BCUT2D eigenvalue weighted by molar-refractivity contribution is 0.00311. The second-order valence-corrected chi connectivity index (χ2v) is 3.50. The predicted octanol–water partition coefficient (Wildman–Crippen LogP) is 1.55. The number of pyridine rings is 1. The minimum Gasteiger partial charge on any atom is -0.481 e. The van der Waals surface area contributed by atoms with Crippen LogP contribution in [0.2, 0.25) is 0 Å². The first-order valence-electron chi connectivity index (χ1n) is 4.94. The van der Waals surface area contributed by atoms with E-state index in [0.29, 0.717) is 11.6 Å². The maximum absolute atomic E-state index is 9.75. The van der Waals surface area contributed by atoms with E-state index in [2.05, 4.69) is 4.98 Å². The molecule has 1 rings (SSSR count). The third kappa shape index (κ3) is 3.85. The summed E-state index contributed by atoms with van der Waals surface area (Å²) in [7, 11) is 1.54. The molecule has 0 saturated heterocycles. The highest BCUT2D eigenvalue weighted by atomic mass is 16.5. The second kappa shape index (κ2) is 5.68. The van der Waals surface area contributed by atoms with Gasteiger partial charge in [-0.05, 0) is 19.9 Å². The molecule has 0 amide bonds. The van der Waals surface area contributed by atoms with Crippen LogP contribution in [-0.4, -0.2) is 29.9 Å². The SMILES string of the molecule is COc1cccc(C(O)COC(C)C)n1. The van der Waals surface area contributed by atoms with Crippen LogP contribution in [0.15, 0.2) is 18.2 Å². The highest BCUT2D eigenvalue weighted by Gasteiger charge is 2.10. The zero-order valence-corrected chi connectivity index (χ0v) is 9.30. The van der Waals surface area contributed by atoms with Crippen LogP contribution in [0.4, 0.5) is 0 Å². The highest BCUT2D eigenvalue weighted by molar-refractivity contribution is 5.17. The molecule has 4 nitrogen and oxygen atoms in total. The number of aromatic nitrogens is 1. The summed E-state index contributed by atoms with van der Waals surface area (Å²) in [6.45, 7) is 4.09. The molecule has 1 aromatic heterocycles. The summed E-state index contributed by atoms with van der Waals surface area (Å²) in [5.41, 5.74) is 0.565. The Kier molecular flexibility index (Phi) is 4.52. The average Bonchev–Trinajstić information content (AvgIpc) is 2.26. The molecule has 0 aromatic carbocycles.